The third kappa shape index (κ3) is 3.89. The van der Waals surface area contributed by atoms with Crippen molar-refractivity contribution in [3.8, 4) is 0 Å². The van der Waals surface area contributed by atoms with Crippen molar-refractivity contribution in [3.05, 3.63) is 83.7 Å². The molecular weight excluding hydrogens is 392 g/mol. The molecule has 0 radical (unpaired) electrons. The quantitative estimate of drug-likeness (QED) is 0.372. The Hall–Kier alpha value is -3.32. The van der Waals surface area contributed by atoms with Gasteiger partial charge >= 0.3 is 0 Å². The number of para-hydroxylation sites is 1. The SMILES string of the molecule is Cc1cc(NCCc2c[nH]c3ccccc23)n2nc(SCc3ccccc3)nc2n1. The first-order valence-electron chi connectivity index (χ1n) is 9.96. The minimum atomic E-state index is 0.625. The lowest BCUT2D eigenvalue weighted by molar-refractivity contribution is 0.866. The number of thioether (sulfide) groups is 1. The van der Waals surface area contributed by atoms with Crippen molar-refractivity contribution in [1.29, 1.82) is 0 Å². The molecule has 0 aliphatic heterocycles. The lowest BCUT2D eigenvalue weighted by atomic mass is 10.1. The number of benzene rings is 2. The second kappa shape index (κ2) is 8.20. The molecule has 30 heavy (non-hydrogen) atoms. The van der Waals surface area contributed by atoms with Gasteiger partial charge in [-0.25, -0.2) is 4.98 Å². The van der Waals surface area contributed by atoms with Crippen LogP contribution in [0.4, 0.5) is 5.82 Å². The number of anilines is 1. The molecule has 3 aromatic heterocycles. The van der Waals surface area contributed by atoms with Crippen LogP contribution in [0.3, 0.4) is 0 Å². The monoisotopic (exact) mass is 414 g/mol. The van der Waals surface area contributed by atoms with Crippen molar-refractivity contribution in [2.24, 2.45) is 0 Å². The molecule has 0 unspecified atom stereocenters. The Morgan fingerprint density at radius 3 is 2.77 bits per heavy atom. The van der Waals surface area contributed by atoms with Crippen molar-refractivity contribution in [3.63, 3.8) is 0 Å². The number of aryl methyl sites for hydroxylation is 1. The van der Waals surface area contributed by atoms with Gasteiger partial charge in [0.05, 0.1) is 0 Å². The van der Waals surface area contributed by atoms with Crippen LogP contribution < -0.4 is 5.32 Å². The lowest BCUT2D eigenvalue weighted by Gasteiger charge is -2.08. The first-order chi connectivity index (χ1) is 14.8. The number of hydrogen-bond acceptors (Lipinski definition) is 5. The molecule has 0 spiro atoms. The molecule has 0 aliphatic carbocycles. The predicted molar refractivity (Wildman–Crippen MR) is 122 cm³/mol. The number of fused-ring (bicyclic) bond motifs is 2. The summed E-state index contributed by atoms with van der Waals surface area (Å²) >= 11 is 1.62. The second-order valence-corrected chi connectivity index (χ2v) is 8.14. The van der Waals surface area contributed by atoms with Crippen molar-refractivity contribution in [2.45, 2.75) is 24.3 Å². The summed E-state index contributed by atoms with van der Waals surface area (Å²) in [5.74, 6) is 2.37. The summed E-state index contributed by atoms with van der Waals surface area (Å²) in [5.41, 5.74) is 4.65. The Morgan fingerprint density at radius 2 is 1.87 bits per heavy atom. The van der Waals surface area contributed by atoms with E-state index in [9.17, 15) is 0 Å². The van der Waals surface area contributed by atoms with Crippen LogP contribution in [-0.2, 0) is 12.2 Å². The summed E-state index contributed by atoms with van der Waals surface area (Å²) in [5, 5.41) is 10.2. The number of nitrogens with zero attached hydrogens (tertiary/aromatic N) is 4. The Labute approximate surface area is 178 Å². The zero-order valence-corrected chi connectivity index (χ0v) is 17.5. The van der Waals surface area contributed by atoms with E-state index in [4.69, 9.17) is 0 Å². The predicted octanol–water partition coefficient (Wildman–Crippen LogP) is 4.86. The van der Waals surface area contributed by atoms with E-state index in [0.717, 1.165) is 35.4 Å². The van der Waals surface area contributed by atoms with Crippen LogP contribution in [0.1, 0.15) is 16.8 Å². The molecule has 0 bridgehead atoms. The molecule has 2 N–H and O–H groups in total. The summed E-state index contributed by atoms with van der Waals surface area (Å²) in [6.07, 6.45) is 3.00. The summed E-state index contributed by atoms with van der Waals surface area (Å²) < 4.78 is 1.80. The average Bonchev–Trinajstić information content (AvgIpc) is 3.37. The van der Waals surface area contributed by atoms with Gasteiger partial charge < -0.3 is 10.3 Å². The average molecular weight is 415 g/mol. The van der Waals surface area contributed by atoms with Crippen LogP contribution in [0, 0.1) is 6.92 Å². The van der Waals surface area contributed by atoms with Crippen LogP contribution in [0.25, 0.3) is 16.7 Å². The molecule has 5 aromatic rings. The third-order valence-electron chi connectivity index (χ3n) is 5.01. The van der Waals surface area contributed by atoms with Crippen molar-refractivity contribution in [1.82, 2.24) is 24.6 Å². The van der Waals surface area contributed by atoms with Gasteiger partial charge in [0.2, 0.25) is 5.16 Å². The number of nitrogens with one attached hydrogen (secondary N) is 2. The summed E-state index contributed by atoms with van der Waals surface area (Å²) in [7, 11) is 0. The van der Waals surface area contributed by atoms with Crippen LogP contribution in [0.2, 0.25) is 0 Å². The molecule has 150 valence electrons. The van der Waals surface area contributed by atoms with Gasteiger partial charge in [0, 0.05) is 41.2 Å². The Bertz CT molecular complexity index is 1290. The Balaban J connectivity index is 1.31. The normalized spacial score (nSPS) is 11.4. The molecule has 0 atom stereocenters. The van der Waals surface area contributed by atoms with Gasteiger partial charge in [0.15, 0.2) is 0 Å². The van der Waals surface area contributed by atoms with E-state index < -0.39 is 0 Å². The highest BCUT2D eigenvalue weighted by atomic mass is 32.2. The fourth-order valence-corrected chi connectivity index (χ4v) is 4.32. The van der Waals surface area contributed by atoms with Gasteiger partial charge in [-0.3, -0.25) is 0 Å². The van der Waals surface area contributed by atoms with Crippen molar-refractivity contribution >= 4 is 34.3 Å². The van der Waals surface area contributed by atoms with E-state index in [1.165, 1.54) is 22.0 Å². The van der Waals surface area contributed by atoms with Crippen molar-refractivity contribution < 1.29 is 0 Å². The summed E-state index contributed by atoms with van der Waals surface area (Å²) in [4.78, 5) is 12.5. The maximum atomic E-state index is 4.67. The minimum Gasteiger partial charge on any atom is -0.370 e. The molecule has 0 saturated carbocycles. The first-order valence-corrected chi connectivity index (χ1v) is 10.9. The fourth-order valence-electron chi connectivity index (χ4n) is 3.54. The first kappa shape index (κ1) is 18.7. The number of rotatable bonds is 7. The van der Waals surface area contributed by atoms with Gasteiger partial charge in [0.1, 0.15) is 5.82 Å². The van der Waals surface area contributed by atoms with E-state index >= 15 is 0 Å². The number of H-pyrrole nitrogens is 1. The van der Waals surface area contributed by atoms with Crippen LogP contribution in [-0.4, -0.2) is 31.1 Å². The van der Waals surface area contributed by atoms with E-state index in [1.54, 1.807) is 16.3 Å². The maximum Gasteiger partial charge on any atom is 0.255 e. The molecule has 5 rings (SSSR count). The van der Waals surface area contributed by atoms with Gasteiger partial charge in [0.25, 0.3) is 5.78 Å². The zero-order valence-electron chi connectivity index (χ0n) is 16.7. The number of hydrogen-bond donors (Lipinski definition) is 2. The van der Waals surface area contributed by atoms with E-state index in [2.05, 4.69) is 68.0 Å². The molecule has 0 amide bonds. The van der Waals surface area contributed by atoms with E-state index in [1.807, 2.05) is 31.2 Å². The molecule has 7 heteroatoms. The topological polar surface area (TPSA) is 70.9 Å². The highest BCUT2D eigenvalue weighted by Crippen LogP contribution is 2.22. The second-order valence-electron chi connectivity index (χ2n) is 7.20. The largest absolute Gasteiger partial charge is 0.370 e. The van der Waals surface area contributed by atoms with Gasteiger partial charge in [-0.1, -0.05) is 60.3 Å². The molecule has 3 heterocycles. The summed E-state index contributed by atoms with van der Waals surface area (Å²) in [6, 6.07) is 20.8. The third-order valence-corrected chi connectivity index (χ3v) is 5.92. The van der Waals surface area contributed by atoms with Crippen LogP contribution >= 0.6 is 11.8 Å². The van der Waals surface area contributed by atoms with Crippen LogP contribution in [0.5, 0.6) is 0 Å². The highest BCUT2D eigenvalue weighted by Gasteiger charge is 2.11. The number of aromatic nitrogens is 5. The molecule has 0 fully saturated rings. The van der Waals surface area contributed by atoms with E-state index in [0.29, 0.717) is 5.78 Å². The van der Waals surface area contributed by atoms with Crippen LogP contribution in [0.15, 0.2) is 72.0 Å². The van der Waals surface area contributed by atoms with Gasteiger partial charge in [-0.15, -0.1) is 5.10 Å². The molecule has 0 saturated heterocycles. The smallest absolute Gasteiger partial charge is 0.255 e. The summed E-state index contributed by atoms with van der Waals surface area (Å²) in [6.45, 7) is 2.78. The van der Waals surface area contributed by atoms with Crippen molar-refractivity contribution in [2.75, 3.05) is 11.9 Å². The number of aromatic amines is 1. The fraction of sp³-hybridized carbons (Fsp3) is 0.174. The van der Waals surface area contributed by atoms with Gasteiger partial charge in [-0.05, 0) is 30.5 Å². The molecule has 0 aliphatic rings. The lowest BCUT2D eigenvalue weighted by Crippen LogP contribution is -2.10. The molecule has 2 aromatic carbocycles. The Morgan fingerprint density at radius 1 is 1.03 bits per heavy atom. The minimum absolute atomic E-state index is 0.625. The molecular formula is C23H22N6S. The standard InChI is InChI=1S/C23H22N6S/c1-16-13-21(24-12-11-18-14-25-20-10-6-5-9-19(18)20)29-22(26-16)27-23(28-29)30-15-17-7-3-2-4-8-17/h2-10,13-14,24-25H,11-12,15H2,1H3. The van der Waals surface area contributed by atoms with E-state index in [-0.39, 0.29) is 0 Å². The zero-order chi connectivity index (χ0) is 20.3. The Kier molecular flexibility index (Phi) is 5.11. The van der Waals surface area contributed by atoms with Gasteiger partial charge in [-0.2, -0.15) is 9.50 Å². The molecule has 6 nitrogen and oxygen atoms in total. The maximum absolute atomic E-state index is 4.67. The highest BCUT2D eigenvalue weighted by molar-refractivity contribution is 7.98.